The smallest absolute Gasteiger partial charge is 0.330 e. The first-order chi connectivity index (χ1) is 27.9. The zero-order chi connectivity index (χ0) is 47.0. The van der Waals surface area contributed by atoms with Crippen LogP contribution in [0.25, 0.3) is 0 Å². The molecule has 61 heavy (non-hydrogen) atoms. The Bertz CT molecular complexity index is 1210. The standard InChI is InChI=1S/C41H84O14Si6/c1-17-37(42)48-31-29-46-27-19-23-39(44)50-35-41(25-21-33-60(15,52-56(3,4)5)53-57(6,7)8,26-22-34-61(16,54-58(9,10)11)55-59(12,13)14)36-51-40(45)24-20-28-47-30-32-49-38(43)18-2/h17-18H,1-2,19-36H2,3-16H3. The van der Waals surface area contributed by atoms with Crippen LogP contribution >= 0.6 is 0 Å². The lowest BCUT2D eigenvalue weighted by Gasteiger charge is -2.40. The lowest BCUT2D eigenvalue weighted by atomic mass is 9.80. The van der Waals surface area contributed by atoms with Crippen molar-refractivity contribution in [2.24, 2.45) is 5.41 Å². The van der Waals surface area contributed by atoms with Crippen molar-refractivity contribution >= 4 is 74.3 Å². The first kappa shape index (κ1) is 59.4. The molecule has 0 saturated heterocycles. The van der Waals surface area contributed by atoms with Crippen LogP contribution in [0.4, 0.5) is 0 Å². The molecule has 0 aromatic rings. The Labute approximate surface area is 375 Å². The number of carbonyl (C=O) groups is 4. The summed E-state index contributed by atoms with van der Waals surface area (Å²) in [5.41, 5.74) is -0.705. The number of hydrogen-bond acceptors (Lipinski definition) is 14. The maximum atomic E-state index is 13.3. The summed E-state index contributed by atoms with van der Waals surface area (Å²) in [4.78, 5) is 49.1. The molecule has 0 aliphatic carbocycles. The SMILES string of the molecule is C=CC(=O)OCCOCCCC(=O)OCC(CCC[Si](C)(O[Si](C)(C)C)O[Si](C)(C)C)(CCC[Si](C)(O[Si](C)(C)C)O[Si](C)(C)C)COC(=O)CCCOCCOC(=O)C=C. The number of rotatable bonds is 36. The van der Waals surface area contributed by atoms with Crippen molar-refractivity contribution in [3.05, 3.63) is 25.3 Å². The van der Waals surface area contributed by atoms with Gasteiger partial charge in [-0.2, -0.15) is 0 Å². The average Bonchev–Trinajstić information content (AvgIpc) is 3.08. The second-order valence-corrected chi connectivity index (χ2v) is 45.5. The zero-order valence-corrected chi connectivity index (χ0v) is 46.5. The highest BCUT2D eigenvalue weighted by Gasteiger charge is 2.43. The van der Waals surface area contributed by atoms with Crippen molar-refractivity contribution in [2.75, 3.05) is 52.9 Å². The van der Waals surface area contributed by atoms with Crippen LogP contribution in [-0.2, 0) is 64.1 Å². The Morgan fingerprint density at radius 1 is 0.443 bits per heavy atom. The van der Waals surface area contributed by atoms with E-state index in [1.54, 1.807) is 0 Å². The van der Waals surface area contributed by atoms with E-state index in [9.17, 15) is 19.2 Å². The predicted octanol–water partition coefficient (Wildman–Crippen LogP) is 9.22. The van der Waals surface area contributed by atoms with Crippen LogP contribution in [0.15, 0.2) is 25.3 Å². The van der Waals surface area contributed by atoms with E-state index >= 15 is 0 Å². The van der Waals surface area contributed by atoms with Gasteiger partial charge in [0.15, 0.2) is 33.3 Å². The summed E-state index contributed by atoms with van der Waals surface area (Å²) in [6.07, 6.45) is 5.98. The minimum absolute atomic E-state index is 0.0636. The lowest BCUT2D eigenvalue weighted by Crippen LogP contribution is -2.52. The third-order valence-electron chi connectivity index (χ3n) is 8.46. The molecule has 0 aromatic carbocycles. The average molecular weight is 970 g/mol. The monoisotopic (exact) mass is 968 g/mol. The summed E-state index contributed by atoms with van der Waals surface area (Å²) >= 11 is 0. The van der Waals surface area contributed by atoms with Crippen molar-refractivity contribution < 1.29 is 64.1 Å². The van der Waals surface area contributed by atoms with Crippen LogP contribution in [0.1, 0.15) is 51.4 Å². The quantitative estimate of drug-likeness (QED) is 0.0192. The topological polar surface area (TPSA) is 161 Å². The van der Waals surface area contributed by atoms with E-state index < -0.39 is 67.7 Å². The van der Waals surface area contributed by atoms with E-state index in [-0.39, 0.29) is 64.4 Å². The van der Waals surface area contributed by atoms with E-state index in [4.69, 9.17) is 44.9 Å². The van der Waals surface area contributed by atoms with Gasteiger partial charge in [0.25, 0.3) is 0 Å². The molecule has 0 heterocycles. The molecule has 0 aliphatic rings. The summed E-state index contributed by atoms with van der Waals surface area (Å²) in [5.74, 6) is -1.79. The van der Waals surface area contributed by atoms with Gasteiger partial charge in [0, 0.05) is 43.6 Å². The van der Waals surface area contributed by atoms with Gasteiger partial charge in [-0.15, -0.1) is 0 Å². The van der Waals surface area contributed by atoms with Crippen LogP contribution in [-0.4, -0.2) is 127 Å². The molecule has 0 rings (SSSR count). The Morgan fingerprint density at radius 2 is 0.754 bits per heavy atom. The Kier molecular flexibility index (Phi) is 27.6. The van der Waals surface area contributed by atoms with Crippen LogP contribution in [0, 0.1) is 5.41 Å². The lowest BCUT2D eigenvalue weighted by molar-refractivity contribution is -0.155. The second-order valence-electron chi connectivity index (χ2n) is 19.8. The number of ether oxygens (including phenoxy) is 6. The number of esters is 4. The van der Waals surface area contributed by atoms with Crippen molar-refractivity contribution in [1.82, 2.24) is 0 Å². The number of carbonyl (C=O) groups excluding carboxylic acids is 4. The second kappa shape index (κ2) is 28.4. The molecular weight excluding hydrogens is 885 g/mol. The molecule has 20 heteroatoms. The van der Waals surface area contributed by atoms with Gasteiger partial charge in [-0.05, 0) is 129 Å². The van der Waals surface area contributed by atoms with Gasteiger partial charge in [0.2, 0.25) is 0 Å². The van der Waals surface area contributed by atoms with Crippen molar-refractivity contribution in [3.8, 4) is 0 Å². The molecule has 356 valence electrons. The molecule has 0 aromatic heterocycles. The summed E-state index contributed by atoms with van der Waals surface area (Å²) in [6.45, 7) is 38.6. The molecule has 0 saturated carbocycles. The molecular formula is C41H84O14Si6. The molecule has 0 unspecified atom stereocenters. The summed E-state index contributed by atoms with van der Waals surface area (Å²) in [6, 6.07) is 1.49. The summed E-state index contributed by atoms with van der Waals surface area (Å²) < 4.78 is 60.4. The highest BCUT2D eigenvalue weighted by atomic mass is 28.5. The normalized spacial score (nSPS) is 13.1. The Hall–Kier alpha value is -1.58. The molecule has 0 radical (unpaired) electrons. The minimum atomic E-state index is -2.61. The maximum Gasteiger partial charge on any atom is 0.330 e. The Morgan fingerprint density at radius 3 is 1.03 bits per heavy atom. The fourth-order valence-electron chi connectivity index (χ4n) is 6.83. The van der Waals surface area contributed by atoms with E-state index in [2.05, 4.69) is 105 Å². The van der Waals surface area contributed by atoms with Crippen LogP contribution in [0.5, 0.6) is 0 Å². The minimum Gasteiger partial charge on any atom is -0.465 e. The third-order valence-corrected chi connectivity index (χ3v) is 27.7. The molecule has 0 bridgehead atoms. The van der Waals surface area contributed by atoms with Gasteiger partial charge in [-0.1, -0.05) is 26.0 Å². The van der Waals surface area contributed by atoms with Crippen molar-refractivity contribution in [2.45, 2.75) is 155 Å². The van der Waals surface area contributed by atoms with E-state index in [1.807, 2.05) is 0 Å². The highest BCUT2D eigenvalue weighted by molar-refractivity contribution is 6.88. The molecule has 0 aliphatic heterocycles. The zero-order valence-electron chi connectivity index (χ0n) is 40.5. The van der Waals surface area contributed by atoms with E-state index in [0.717, 1.165) is 37.1 Å². The molecule has 0 amide bonds. The molecule has 0 fully saturated rings. The van der Waals surface area contributed by atoms with Crippen LogP contribution < -0.4 is 0 Å². The van der Waals surface area contributed by atoms with Crippen molar-refractivity contribution in [3.63, 3.8) is 0 Å². The van der Waals surface area contributed by atoms with Gasteiger partial charge in [0.1, 0.15) is 26.4 Å². The van der Waals surface area contributed by atoms with E-state index in [0.29, 0.717) is 38.9 Å². The molecule has 0 spiro atoms. The van der Waals surface area contributed by atoms with Gasteiger partial charge < -0.3 is 44.9 Å². The van der Waals surface area contributed by atoms with E-state index in [1.165, 1.54) is 0 Å². The predicted molar refractivity (Wildman–Crippen MR) is 256 cm³/mol. The third kappa shape index (κ3) is 33.6. The van der Waals surface area contributed by atoms with Gasteiger partial charge in [0.05, 0.1) is 13.2 Å². The fourth-order valence-corrected chi connectivity index (χ4v) is 31.9. The molecule has 0 atom stereocenters. The largest absolute Gasteiger partial charge is 0.465 e. The van der Waals surface area contributed by atoms with Gasteiger partial charge in [-0.3, -0.25) is 9.59 Å². The molecule has 0 N–H and O–H groups in total. The maximum absolute atomic E-state index is 13.3. The Balaban J connectivity index is 6.40. The summed E-state index contributed by atoms with van der Waals surface area (Å²) in [7, 11) is -13.1. The van der Waals surface area contributed by atoms with Crippen molar-refractivity contribution in [1.29, 1.82) is 0 Å². The first-order valence-corrected chi connectivity index (χ1v) is 40.5. The van der Waals surface area contributed by atoms with Crippen LogP contribution in [0.2, 0.25) is 104 Å². The first-order valence-electron chi connectivity index (χ1n) is 21.8. The van der Waals surface area contributed by atoms with Crippen LogP contribution in [0.3, 0.4) is 0 Å². The van der Waals surface area contributed by atoms with Gasteiger partial charge >= 0.3 is 41.0 Å². The number of hydrogen-bond donors (Lipinski definition) is 0. The highest BCUT2D eigenvalue weighted by Crippen LogP contribution is 2.37. The molecule has 14 nitrogen and oxygen atoms in total. The van der Waals surface area contributed by atoms with Gasteiger partial charge in [-0.25, -0.2) is 9.59 Å². The fraction of sp³-hybridized carbons (Fsp3) is 0.805. The summed E-state index contributed by atoms with van der Waals surface area (Å²) in [5, 5.41) is 0.